The minimum Gasteiger partial charge on any atom is -1.00 e. The zero-order valence-corrected chi connectivity index (χ0v) is 27.5. The normalized spacial score (nSPS) is 10.3. The smallest absolute Gasteiger partial charge is 0.0305 e. The van der Waals surface area contributed by atoms with Gasteiger partial charge in [-0.15, -0.1) is 69.1 Å². The van der Waals surface area contributed by atoms with Crippen LogP contribution in [0.15, 0.2) is 48.5 Å². The third-order valence-corrected chi connectivity index (χ3v) is 5.74. The molecule has 4 aromatic carbocycles. The number of hydrogen-bond acceptors (Lipinski definition) is 0. The average molecular weight is 591 g/mol. The predicted octanol–water partition coefficient (Wildman–Crippen LogP) is 3.39. The molecule has 0 saturated carbocycles. The quantitative estimate of drug-likeness (QED) is 0.248. The Hall–Kier alpha value is -0.660. The van der Waals surface area contributed by atoms with E-state index >= 15 is 0 Å². The zero-order valence-electron chi connectivity index (χ0n) is 22.5. The summed E-state index contributed by atoms with van der Waals surface area (Å²) in [6, 6.07) is 18.1. The van der Waals surface area contributed by atoms with Gasteiger partial charge >= 0.3 is 41.9 Å². The van der Waals surface area contributed by atoms with Crippen molar-refractivity contribution in [1.82, 2.24) is 0 Å². The molecular weight excluding hydrogens is 551 g/mol. The molecule has 0 radical (unpaired) electrons. The van der Waals surface area contributed by atoms with Crippen LogP contribution in [0.1, 0.15) is 72.9 Å². The summed E-state index contributed by atoms with van der Waals surface area (Å²) in [5.41, 5.74) is 8.80. The van der Waals surface area contributed by atoms with Gasteiger partial charge in [0.15, 0.2) is 0 Å². The van der Waals surface area contributed by atoms with Crippen LogP contribution in [0.2, 0.25) is 13.1 Å². The second-order valence-corrected chi connectivity index (χ2v) is 19.3. The maximum atomic E-state index is 2.31. The van der Waals surface area contributed by atoms with Crippen molar-refractivity contribution < 1.29 is 48.1 Å². The average Bonchev–Trinajstić information content (AvgIpc) is 3.21. The van der Waals surface area contributed by atoms with Crippen molar-refractivity contribution in [2.45, 2.75) is 80.3 Å². The Morgan fingerprint density at radius 3 is 1.21 bits per heavy atom. The molecule has 0 nitrogen and oxygen atoms in total. The Morgan fingerprint density at radius 2 is 0.941 bits per heavy atom. The van der Waals surface area contributed by atoms with E-state index in [0.29, 0.717) is 11.8 Å². The molecule has 34 heavy (non-hydrogen) atoms. The number of halogens is 2. The number of aryl methyl sites for hydroxylation is 4. The van der Waals surface area contributed by atoms with Crippen molar-refractivity contribution in [3.8, 4) is 0 Å². The second-order valence-electron chi connectivity index (χ2n) is 9.97. The van der Waals surface area contributed by atoms with E-state index in [1.807, 2.05) is 0 Å². The Balaban J connectivity index is 0.000000528. The standard InChI is InChI=1S/2C14H17.C2H6Si.2ClH.Zr/c2*1-9(2)14-11(4)5-6-12-7-10(3)8-13(12)14;1-3-2;;;/h2*5-9H,1-4H3;1-2H3;2*1H;/q2*-1;;;;+2/p-2. The molecule has 0 N–H and O–H groups in total. The van der Waals surface area contributed by atoms with Gasteiger partial charge in [-0.3, -0.25) is 0 Å². The Labute approximate surface area is 235 Å². The van der Waals surface area contributed by atoms with Gasteiger partial charge in [0.2, 0.25) is 0 Å². The molecule has 0 aliphatic carbocycles. The van der Waals surface area contributed by atoms with Crippen LogP contribution in [0.5, 0.6) is 0 Å². The van der Waals surface area contributed by atoms with Crippen molar-refractivity contribution in [1.29, 1.82) is 0 Å². The van der Waals surface area contributed by atoms with Crippen LogP contribution < -0.4 is 24.8 Å². The fourth-order valence-corrected chi connectivity index (χ4v) is 4.66. The third kappa shape index (κ3) is 8.77. The van der Waals surface area contributed by atoms with E-state index in [4.69, 9.17) is 0 Å². The van der Waals surface area contributed by atoms with E-state index in [9.17, 15) is 0 Å². The maximum Gasteiger partial charge on any atom is -0.0305 e. The van der Waals surface area contributed by atoms with Gasteiger partial charge in [-0.05, 0) is 25.7 Å². The van der Waals surface area contributed by atoms with Crippen molar-refractivity contribution in [2.24, 2.45) is 0 Å². The van der Waals surface area contributed by atoms with Crippen LogP contribution in [0.4, 0.5) is 0 Å². The van der Waals surface area contributed by atoms with Gasteiger partial charge in [0.05, 0.1) is 0 Å². The second kappa shape index (κ2) is 14.8. The van der Waals surface area contributed by atoms with Gasteiger partial charge in [-0.2, -0.15) is 12.1 Å². The van der Waals surface area contributed by atoms with E-state index in [2.05, 4.69) is 117 Å². The van der Waals surface area contributed by atoms with Crippen LogP contribution in [0.3, 0.4) is 0 Å². The SMILES string of the molecule is C[Si](C)=[Zr+2].Cc1cc2c(C(C)C)c(C)ccc2[cH-]1.Cc1cc2c(C(C)C)c(C)ccc2[cH-]1.[Cl-].[Cl-]. The summed E-state index contributed by atoms with van der Waals surface area (Å²) in [4.78, 5) is 0. The predicted molar refractivity (Wildman–Crippen MR) is 144 cm³/mol. The first-order valence-corrected chi connectivity index (χ1v) is 18.0. The van der Waals surface area contributed by atoms with Crippen molar-refractivity contribution >= 4 is 27.0 Å². The molecule has 4 rings (SSSR count). The summed E-state index contributed by atoms with van der Waals surface area (Å²) in [5, 5.41) is 5.66. The molecule has 0 bridgehead atoms. The molecular formula is C30H40Cl2SiZr-2. The maximum absolute atomic E-state index is 2.31. The molecule has 184 valence electrons. The molecule has 0 fully saturated rings. The number of fused-ring (bicyclic) bond motifs is 2. The van der Waals surface area contributed by atoms with E-state index in [0.717, 1.165) is 0 Å². The fourth-order valence-electron chi connectivity index (χ4n) is 4.66. The van der Waals surface area contributed by atoms with Gasteiger partial charge in [-0.25, -0.2) is 0 Å². The van der Waals surface area contributed by atoms with Crippen molar-refractivity contribution in [2.75, 3.05) is 0 Å². The topological polar surface area (TPSA) is 0 Å². The summed E-state index contributed by atoms with van der Waals surface area (Å²) in [7, 11) is 0. The van der Waals surface area contributed by atoms with Crippen LogP contribution in [-0.2, 0) is 23.3 Å². The van der Waals surface area contributed by atoms with Gasteiger partial charge < -0.3 is 24.8 Å². The molecule has 0 aliphatic rings. The molecule has 0 spiro atoms. The van der Waals surface area contributed by atoms with Crippen molar-refractivity contribution in [3.63, 3.8) is 0 Å². The van der Waals surface area contributed by atoms with Gasteiger partial charge in [0.25, 0.3) is 0 Å². The summed E-state index contributed by atoms with van der Waals surface area (Å²) in [6.45, 7) is 22.4. The summed E-state index contributed by atoms with van der Waals surface area (Å²) in [5.74, 6) is 1.22. The van der Waals surface area contributed by atoms with E-state index in [1.165, 1.54) is 54.9 Å². The van der Waals surface area contributed by atoms with E-state index in [1.54, 1.807) is 23.3 Å². The molecule has 0 aliphatic heterocycles. The number of rotatable bonds is 2. The number of benzene rings is 2. The summed E-state index contributed by atoms with van der Waals surface area (Å²) in [6.07, 6.45) is 0. The molecule has 0 amide bonds. The van der Waals surface area contributed by atoms with Gasteiger partial charge in [0, 0.05) is 0 Å². The molecule has 4 heteroatoms. The third-order valence-electron chi connectivity index (χ3n) is 5.74. The van der Waals surface area contributed by atoms with Crippen LogP contribution in [0, 0.1) is 27.7 Å². The first kappa shape index (κ1) is 33.3. The van der Waals surface area contributed by atoms with Crippen LogP contribution >= 0.6 is 0 Å². The summed E-state index contributed by atoms with van der Waals surface area (Å²) < 4.78 is 0. The molecule has 0 aromatic heterocycles. The molecule has 0 unspecified atom stereocenters. The fraction of sp³-hybridized carbons (Fsp3) is 0.400. The minimum absolute atomic E-state index is 0. The first-order valence-electron chi connectivity index (χ1n) is 11.8. The van der Waals surface area contributed by atoms with E-state index in [-0.39, 0.29) is 30.2 Å². The molecule has 4 aromatic rings. The zero-order chi connectivity index (χ0) is 24.2. The Morgan fingerprint density at radius 1 is 0.647 bits per heavy atom. The first-order chi connectivity index (χ1) is 14.9. The van der Waals surface area contributed by atoms with Crippen molar-refractivity contribution in [3.05, 3.63) is 81.9 Å². The summed E-state index contributed by atoms with van der Waals surface area (Å²) >= 11 is 1.74. The molecule has 0 atom stereocenters. The van der Waals surface area contributed by atoms with E-state index < -0.39 is 0 Å². The van der Waals surface area contributed by atoms with Gasteiger partial charge in [-0.1, -0.05) is 63.8 Å². The molecule has 0 saturated heterocycles. The van der Waals surface area contributed by atoms with Crippen LogP contribution in [0.25, 0.3) is 21.5 Å². The number of hydrogen-bond donors (Lipinski definition) is 0. The van der Waals surface area contributed by atoms with Crippen LogP contribution in [-0.4, -0.2) is 5.43 Å². The molecule has 0 heterocycles. The van der Waals surface area contributed by atoms with Gasteiger partial charge in [0.1, 0.15) is 0 Å². The largest absolute Gasteiger partial charge is 1.00 e. The Bertz CT molecular complexity index is 1120. The Kier molecular flexibility index (Phi) is 14.5. The monoisotopic (exact) mass is 588 g/mol. The minimum atomic E-state index is 0.